The average Bonchev–Trinajstić information content (AvgIpc) is 2.26. The zero-order valence-corrected chi connectivity index (χ0v) is 9.07. The van der Waals surface area contributed by atoms with Crippen molar-refractivity contribution in [1.29, 1.82) is 0 Å². The molecule has 18 heavy (non-hydrogen) atoms. The number of carbonyl (C=O) groups is 2. The molecule has 0 aromatic heterocycles. The number of rotatable bonds is 3. The van der Waals surface area contributed by atoms with Gasteiger partial charge in [0.1, 0.15) is 0 Å². The lowest BCUT2D eigenvalue weighted by Crippen LogP contribution is -2.48. The average molecular weight is 257 g/mol. The van der Waals surface area contributed by atoms with E-state index in [1.807, 2.05) is 0 Å². The highest BCUT2D eigenvalue weighted by atomic mass is 19.2. The maximum absolute atomic E-state index is 13.0. The molecule has 0 radical (unpaired) electrons. The molecule has 1 heterocycles. The van der Waals surface area contributed by atoms with E-state index in [1.54, 1.807) is 0 Å². The first-order chi connectivity index (χ1) is 8.49. The quantitative estimate of drug-likeness (QED) is 0.839. The molecule has 1 fully saturated rings. The highest BCUT2D eigenvalue weighted by molar-refractivity contribution is 6.04. The maximum Gasteiger partial charge on any atom is 0.336 e. The third kappa shape index (κ3) is 2.30. The summed E-state index contributed by atoms with van der Waals surface area (Å²) >= 11 is 0. The number of aromatic carboxylic acids is 1. The summed E-state index contributed by atoms with van der Waals surface area (Å²) in [7, 11) is 0. The third-order valence-corrected chi connectivity index (χ3v) is 2.51. The fraction of sp³-hybridized carbons (Fsp3) is 0.273. The molecule has 96 valence electrons. The standard InChI is InChI=1S/C11H9F2NO4/c12-8-1-6(7(11(16)17)2-9(8)13)10(15)14-5-3-18-4-5/h1-2,5H,3-4H2,(H,14,15)(H,16,17). The van der Waals surface area contributed by atoms with Gasteiger partial charge in [0.05, 0.1) is 30.4 Å². The molecule has 1 aliphatic heterocycles. The van der Waals surface area contributed by atoms with Crippen LogP contribution in [0.15, 0.2) is 12.1 Å². The van der Waals surface area contributed by atoms with Crippen LogP contribution in [-0.2, 0) is 4.74 Å². The van der Waals surface area contributed by atoms with E-state index in [9.17, 15) is 18.4 Å². The Kier molecular flexibility index (Phi) is 3.24. The predicted molar refractivity (Wildman–Crippen MR) is 55.4 cm³/mol. The minimum atomic E-state index is -1.50. The molecular weight excluding hydrogens is 248 g/mol. The van der Waals surface area contributed by atoms with E-state index in [4.69, 9.17) is 9.84 Å². The van der Waals surface area contributed by atoms with Gasteiger partial charge in [0.15, 0.2) is 11.6 Å². The lowest BCUT2D eigenvalue weighted by atomic mass is 10.1. The van der Waals surface area contributed by atoms with Crippen LogP contribution < -0.4 is 5.32 Å². The number of ether oxygens (including phenoxy) is 1. The molecule has 1 amide bonds. The number of amides is 1. The van der Waals surface area contributed by atoms with Gasteiger partial charge in [0.2, 0.25) is 0 Å². The van der Waals surface area contributed by atoms with Crippen molar-refractivity contribution >= 4 is 11.9 Å². The van der Waals surface area contributed by atoms with Gasteiger partial charge in [-0.2, -0.15) is 0 Å². The van der Waals surface area contributed by atoms with Gasteiger partial charge >= 0.3 is 5.97 Å². The monoisotopic (exact) mass is 257 g/mol. The van der Waals surface area contributed by atoms with Gasteiger partial charge in [0.25, 0.3) is 5.91 Å². The molecule has 1 saturated heterocycles. The second-order valence-corrected chi connectivity index (χ2v) is 3.82. The highest BCUT2D eigenvalue weighted by Gasteiger charge is 2.25. The summed E-state index contributed by atoms with van der Waals surface area (Å²) in [6, 6.07) is 0.838. The van der Waals surface area contributed by atoms with Crippen LogP contribution in [0.4, 0.5) is 8.78 Å². The first kappa shape index (κ1) is 12.4. The molecule has 1 aromatic rings. The fourth-order valence-electron chi connectivity index (χ4n) is 1.49. The first-order valence-corrected chi connectivity index (χ1v) is 5.10. The van der Waals surface area contributed by atoms with Crippen molar-refractivity contribution in [3.05, 3.63) is 34.9 Å². The lowest BCUT2D eigenvalue weighted by molar-refractivity contribution is -0.00349. The molecule has 0 saturated carbocycles. The van der Waals surface area contributed by atoms with Crippen LogP contribution in [0.1, 0.15) is 20.7 Å². The molecule has 0 atom stereocenters. The van der Waals surface area contributed by atoms with Gasteiger partial charge < -0.3 is 15.2 Å². The largest absolute Gasteiger partial charge is 0.478 e. The first-order valence-electron chi connectivity index (χ1n) is 5.10. The SMILES string of the molecule is O=C(O)c1cc(F)c(F)cc1C(=O)NC1COC1. The van der Waals surface area contributed by atoms with E-state index in [0.29, 0.717) is 25.3 Å². The molecule has 0 bridgehead atoms. The lowest BCUT2D eigenvalue weighted by Gasteiger charge is -2.27. The van der Waals surface area contributed by atoms with E-state index < -0.39 is 34.6 Å². The van der Waals surface area contributed by atoms with Crippen LogP contribution in [-0.4, -0.2) is 36.2 Å². The Morgan fingerprint density at radius 2 is 1.78 bits per heavy atom. The van der Waals surface area contributed by atoms with Crippen molar-refractivity contribution in [1.82, 2.24) is 5.32 Å². The summed E-state index contributed by atoms with van der Waals surface area (Å²) in [6.45, 7) is 0.635. The molecule has 0 spiro atoms. The van der Waals surface area contributed by atoms with Crippen molar-refractivity contribution in [2.75, 3.05) is 13.2 Å². The Hall–Kier alpha value is -2.02. The van der Waals surface area contributed by atoms with E-state index in [1.165, 1.54) is 0 Å². The Bertz CT molecular complexity index is 514. The fourth-order valence-corrected chi connectivity index (χ4v) is 1.49. The van der Waals surface area contributed by atoms with Crippen LogP contribution in [0, 0.1) is 11.6 Å². The molecule has 5 nitrogen and oxygen atoms in total. The number of hydrogen-bond donors (Lipinski definition) is 2. The van der Waals surface area contributed by atoms with Crippen molar-refractivity contribution in [2.45, 2.75) is 6.04 Å². The van der Waals surface area contributed by atoms with Crippen molar-refractivity contribution in [3.63, 3.8) is 0 Å². The summed E-state index contributed by atoms with van der Waals surface area (Å²) < 4.78 is 30.8. The number of carboxylic acids is 1. The molecule has 2 rings (SSSR count). The smallest absolute Gasteiger partial charge is 0.336 e. The van der Waals surface area contributed by atoms with Gasteiger partial charge in [-0.3, -0.25) is 4.79 Å². The zero-order valence-electron chi connectivity index (χ0n) is 9.07. The predicted octanol–water partition coefficient (Wildman–Crippen LogP) is 0.792. The molecule has 0 unspecified atom stereocenters. The van der Waals surface area contributed by atoms with Gasteiger partial charge in [-0.05, 0) is 12.1 Å². The molecule has 0 aliphatic carbocycles. The number of benzene rings is 1. The Morgan fingerprint density at radius 1 is 1.22 bits per heavy atom. The Labute approximate surface area is 100 Å². The van der Waals surface area contributed by atoms with Crippen molar-refractivity contribution in [3.8, 4) is 0 Å². The summed E-state index contributed by atoms with van der Waals surface area (Å²) in [5, 5.41) is 11.3. The van der Waals surface area contributed by atoms with Crippen LogP contribution in [0.2, 0.25) is 0 Å². The number of halogens is 2. The summed E-state index contributed by atoms with van der Waals surface area (Å²) in [4.78, 5) is 22.6. The van der Waals surface area contributed by atoms with Gasteiger partial charge in [-0.15, -0.1) is 0 Å². The van der Waals surface area contributed by atoms with Gasteiger partial charge in [-0.25, -0.2) is 13.6 Å². The summed E-state index contributed by atoms with van der Waals surface area (Å²) in [5.41, 5.74) is -0.986. The summed E-state index contributed by atoms with van der Waals surface area (Å²) in [5.74, 6) is -4.84. The van der Waals surface area contributed by atoms with Crippen molar-refractivity contribution in [2.24, 2.45) is 0 Å². The van der Waals surface area contributed by atoms with E-state index in [-0.39, 0.29) is 6.04 Å². The Morgan fingerprint density at radius 3 is 2.22 bits per heavy atom. The molecule has 7 heteroatoms. The topological polar surface area (TPSA) is 75.6 Å². The maximum atomic E-state index is 13.0. The summed E-state index contributed by atoms with van der Waals surface area (Å²) in [6.07, 6.45) is 0. The molecule has 1 aromatic carbocycles. The van der Waals surface area contributed by atoms with Crippen LogP contribution in [0.5, 0.6) is 0 Å². The van der Waals surface area contributed by atoms with Gasteiger partial charge in [0, 0.05) is 0 Å². The van der Waals surface area contributed by atoms with Gasteiger partial charge in [-0.1, -0.05) is 0 Å². The van der Waals surface area contributed by atoms with E-state index in [2.05, 4.69) is 5.32 Å². The molecule has 2 N–H and O–H groups in total. The minimum absolute atomic E-state index is 0.229. The third-order valence-electron chi connectivity index (χ3n) is 2.51. The van der Waals surface area contributed by atoms with Crippen LogP contribution >= 0.6 is 0 Å². The number of nitrogens with one attached hydrogen (secondary N) is 1. The highest BCUT2D eigenvalue weighted by Crippen LogP contribution is 2.16. The number of carboxylic acid groups (broad SMARTS) is 1. The second-order valence-electron chi connectivity index (χ2n) is 3.82. The second kappa shape index (κ2) is 4.69. The zero-order chi connectivity index (χ0) is 13.3. The normalized spacial score (nSPS) is 15.0. The molecular formula is C11H9F2NO4. The number of hydrogen-bond acceptors (Lipinski definition) is 3. The van der Waals surface area contributed by atoms with Crippen LogP contribution in [0.3, 0.4) is 0 Å². The Balaban J connectivity index is 2.32. The van der Waals surface area contributed by atoms with E-state index in [0.717, 1.165) is 0 Å². The van der Waals surface area contributed by atoms with E-state index >= 15 is 0 Å². The molecule has 1 aliphatic rings. The number of carbonyl (C=O) groups excluding carboxylic acids is 1. The minimum Gasteiger partial charge on any atom is -0.478 e. The van der Waals surface area contributed by atoms with Crippen molar-refractivity contribution < 1.29 is 28.2 Å². The van der Waals surface area contributed by atoms with Crippen LogP contribution in [0.25, 0.3) is 0 Å².